The number of hydrogen-bond donors (Lipinski definition) is 2. The highest BCUT2D eigenvalue weighted by Gasteiger charge is 2.11. The van der Waals surface area contributed by atoms with Crippen molar-refractivity contribution in [2.75, 3.05) is 13.2 Å². The van der Waals surface area contributed by atoms with Crippen LogP contribution in [0.3, 0.4) is 0 Å². The third-order valence-corrected chi connectivity index (χ3v) is 2.74. The summed E-state index contributed by atoms with van der Waals surface area (Å²) in [7, 11) is 0. The topological polar surface area (TPSA) is 64.3 Å². The van der Waals surface area contributed by atoms with Gasteiger partial charge in [-0.15, -0.1) is 0 Å². The summed E-state index contributed by atoms with van der Waals surface area (Å²) in [6.45, 7) is 3.63. The Hall–Kier alpha value is -0.970. The molecule has 1 amide bonds. The Morgan fingerprint density at radius 2 is 2.17 bits per heavy atom. The normalized spacial score (nSPS) is 10.4. The zero-order valence-corrected chi connectivity index (χ0v) is 11.6. The molecule has 0 unspecified atom stereocenters. The van der Waals surface area contributed by atoms with E-state index < -0.39 is 5.91 Å². The molecule has 18 heavy (non-hydrogen) atoms. The number of benzene rings is 1. The molecule has 6 heteroatoms. The molecule has 1 aromatic carbocycles. The molecule has 0 saturated carbocycles. The fraction of sp³-hybridized carbons (Fsp3) is 0.417. The van der Waals surface area contributed by atoms with Crippen LogP contribution in [0.15, 0.2) is 12.1 Å². The van der Waals surface area contributed by atoms with Gasteiger partial charge in [0.1, 0.15) is 5.75 Å². The van der Waals surface area contributed by atoms with Crippen molar-refractivity contribution in [1.82, 2.24) is 5.32 Å². The van der Waals surface area contributed by atoms with Crippen LogP contribution in [0, 0.1) is 0 Å². The van der Waals surface area contributed by atoms with Crippen LogP contribution < -0.4 is 15.8 Å². The van der Waals surface area contributed by atoms with Gasteiger partial charge in [0.25, 0.3) is 0 Å². The van der Waals surface area contributed by atoms with Crippen LogP contribution in [0.4, 0.5) is 0 Å². The maximum absolute atomic E-state index is 10.7. The van der Waals surface area contributed by atoms with E-state index >= 15 is 0 Å². The molecule has 100 valence electrons. The number of primary amides is 1. The number of hydrogen-bond acceptors (Lipinski definition) is 3. The Morgan fingerprint density at radius 1 is 1.44 bits per heavy atom. The van der Waals surface area contributed by atoms with Crippen LogP contribution in [-0.4, -0.2) is 19.1 Å². The molecule has 4 nitrogen and oxygen atoms in total. The second-order valence-electron chi connectivity index (χ2n) is 3.72. The molecule has 1 rings (SSSR count). The largest absolute Gasteiger partial charge is 0.491 e. The van der Waals surface area contributed by atoms with E-state index in [1.165, 1.54) is 0 Å². The molecule has 0 radical (unpaired) electrons. The van der Waals surface area contributed by atoms with Gasteiger partial charge in [-0.05, 0) is 18.7 Å². The van der Waals surface area contributed by atoms with E-state index in [4.69, 9.17) is 33.7 Å². The third-order valence-electron chi connectivity index (χ3n) is 2.25. The predicted molar refractivity (Wildman–Crippen MR) is 73.1 cm³/mol. The predicted octanol–water partition coefficient (Wildman–Crippen LogP) is 2.36. The number of nitrogens with two attached hydrogens (primary N) is 1. The minimum Gasteiger partial charge on any atom is -0.491 e. The lowest BCUT2D eigenvalue weighted by atomic mass is 10.2. The Labute approximate surface area is 116 Å². The Kier molecular flexibility index (Phi) is 6.25. The van der Waals surface area contributed by atoms with Crippen molar-refractivity contribution in [3.63, 3.8) is 0 Å². The van der Waals surface area contributed by atoms with E-state index in [1.807, 2.05) is 6.92 Å². The highest BCUT2D eigenvalue weighted by molar-refractivity contribution is 6.35. The fourth-order valence-corrected chi connectivity index (χ4v) is 2.01. The minimum atomic E-state index is -0.409. The molecule has 0 heterocycles. The Bertz CT molecular complexity index is 425. The average Bonchev–Trinajstić information content (AvgIpc) is 2.28. The fourth-order valence-electron chi connectivity index (χ4n) is 1.42. The number of carbonyl (C=O) groups is 1. The third kappa shape index (κ3) is 4.72. The summed E-state index contributed by atoms with van der Waals surface area (Å²) in [4.78, 5) is 10.7. The van der Waals surface area contributed by atoms with E-state index in [0.717, 1.165) is 12.1 Å². The van der Waals surface area contributed by atoms with Gasteiger partial charge in [0.2, 0.25) is 5.91 Å². The molecule has 0 aliphatic carbocycles. The van der Waals surface area contributed by atoms with Crippen molar-refractivity contribution >= 4 is 29.1 Å². The zero-order valence-electron chi connectivity index (χ0n) is 10.1. The number of ether oxygens (including phenoxy) is 1. The number of rotatable bonds is 7. The standard InChI is InChI=1S/C12H16Cl2N2O2/c1-2-16-7-8-5-9(13)6-10(14)12(8)18-4-3-11(15)17/h5-6,16H,2-4,7H2,1H3,(H2,15,17). The van der Waals surface area contributed by atoms with Gasteiger partial charge in [0.05, 0.1) is 18.1 Å². The van der Waals surface area contributed by atoms with Crippen molar-refractivity contribution in [3.8, 4) is 5.75 Å². The summed E-state index contributed by atoms with van der Waals surface area (Å²) in [6, 6.07) is 3.40. The summed E-state index contributed by atoms with van der Waals surface area (Å²) >= 11 is 12.0. The molecule has 0 fully saturated rings. The van der Waals surface area contributed by atoms with Crippen LogP contribution in [0.2, 0.25) is 10.0 Å². The smallest absolute Gasteiger partial charge is 0.220 e. The average molecular weight is 291 g/mol. The van der Waals surface area contributed by atoms with Crippen LogP contribution in [0.1, 0.15) is 18.9 Å². The van der Waals surface area contributed by atoms with Gasteiger partial charge in [-0.1, -0.05) is 30.1 Å². The molecule has 0 saturated heterocycles. The molecule has 0 spiro atoms. The van der Waals surface area contributed by atoms with Crippen LogP contribution in [-0.2, 0) is 11.3 Å². The van der Waals surface area contributed by atoms with Crippen molar-refractivity contribution in [2.24, 2.45) is 5.73 Å². The second kappa shape index (κ2) is 7.46. The van der Waals surface area contributed by atoms with E-state index in [9.17, 15) is 4.79 Å². The summed E-state index contributed by atoms with van der Waals surface area (Å²) in [5.74, 6) is 0.136. The van der Waals surface area contributed by atoms with Gasteiger partial charge in [-0.3, -0.25) is 4.79 Å². The lowest BCUT2D eigenvalue weighted by Gasteiger charge is -2.13. The Morgan fingerprint density at radius 3 is 2.78 bits per heavy atom. The molecular weight excluding hydrogens is 275 g/mol. The molecule has 0 aliphatic heterocycles. The van der Waals surface area contributed by atoms with Gasteiger partial charge in [-0.2, -0.15) is 0 Å². The molecule has 0 bridgehead atoms. The lowest BCUT2D eigenvalue weighted by molar-refractivity contribution is -0.118. The molecule has 3 N–H and O–H groups in total. The summed E-state index contributed by atoms with van der Waals surface area (Å²) in [6.07, 6.45) is 0.152. The first kappa shape index (κ1) is 15.1. The maximum Gasteiger partial charge on any atom is 0.220 e. The summed E-state index contributed by atoms with van der Waals surface area (Å²) in [5, 5.41) is 4.15. The molecule has 1 aromatic rings. The molecular formula is C12H16Cl2N2O2. The first-order valence-corrected chi connectivity index (χ1v) is 6.40. The number of nitrogens with one attached hydrogen (secondary N) is 1. The SMILES string of the molecule is CCNCc1cc(Cl)cc(Cl)c1OCCC(N)=O. The van der Waals surface area contributed by atoms with Gasteiger partial charge in [-0.25, -0.2) is 0 Å². The van der Waals surface area contributed by atoms with Gasteiger partial charge in [0.15, 0.2) is 0 Å². The van der Waals surface area contributed by atoms with E-state index in [1.54, 1.807) is 12.1 Å². The van der Waals surface area contributed by atoms with Crippen molar-refractivity contribution < 1.29 is 9.53 Å². The van der Waals surface area contributed by atoms with E-state index in [-0.39, 0.29) is 13.0 Å². The van der Waals surface area contributed by atoms with Crippen molar-refractivity contribution in [2.45, 2.75) is 19.9 Å². The van der Waals surface area contributed by atoms with E-state index in [0.29, 0.717) is 22.3 Å². The minimum absolute atomic E-state index is 0.152. The lowest BCUT2D eigenvalue weighted by Crippen LogP contribution is -2.16. The van der Waals surface area contributed by atoms with Crippen molar-refractivity contribution in [3.05, 3.63) is 27.7 Å². The van der Waals surface area contributed by atoms with Crippen LogP contribution in [0.5, 0.6) is 5.75 Å². The van der Waals surface area contributed by atoms with Gasteiger partial charge >= 0.3 is 0 Å². The van der Waals surface area contributed by atoms with Crippen molar-refractivity contribution in [1.29, 1.82) is 0 Å². The Balaban J connectivity index is 2.81. The van der Waals surface area contributed by atoms with Crippen LogP contribution in [0.25, 0.3) is 0 Å². The monoisotopic (exact) mass is 290 g/mol. The first-order valence-electron chi connectivity index (χ1n) is 5.64. The number of carbonyl (C=O) groups excluding carboxylic acids is 1. The highest BCUT2D eigenvalue weighted by atomic mass is 35.5. The number of amides is 1. The maximum atomic E-state index is 10.7. The van der Waals surface area contributed by atoms with Gasteiger partial charge < -0.3 is 15.8 Å². The summed E-state index contributed by atoms with van der Waals surface area (Å²) < 4.78 is 5.50. The van der Waals surface area contributed by atoms with Crippen LogP contribution >= 0.6 is 23.2 Å². The van der Waals surface area contributed by atoms with E-state index in [2.05, 4.69) is 5.32 Å². The summed E-state index contributed by atoms with van der Waals surface area (Å²) in [5.41, 5.74) is 5.91. The molecule has 0 aliphatic rings. The molecule has 0 atom stereocenters. The number of halogens is 2. The highest BCUT2D eigenvalue weighted by Crippen LogP contribution is 2.32. The first-order chi connectivity index (χ1) is 8.54. The zero-order chi connectivity index (χ0) is 13.5. The van der Waals surface area contributed by atoms with Gasteiger partial charge in [0, 0.05) is 17.1 Å². The quantitative estimate of drug-likeness (QED) is 0.810. The second-order valence-corrected chi connectivity index (χ2v) is 4.56. The molecule has 0 aromatic heterocycles.